The average molecular weight is 225 g/mol. The molecule has 0 aliphatic heterocycles. The number of nitrogen functional groups attached to an aromatic ring is 2. The maximum Gasteiger partial charge on any atom is 0.296 e. The molecule has 0 heterocycles. The van der Waals surface area contributed by atoms with Crippen LogP contribution in [0.5, 0.6) is 0 Å². The van der Waals surface area contributed by atoms with Gasteiger partial charge in [-0.15, -0.1) is 0 Å². The molecule has 0 saturated heterocycles. The van der Waals surface area contributed by atoms with E-state index in [2.05, 4.69) is 0 Å². The standard InChI is InChI=1S/C7H10N2O3S.Na/c1-4-5(8)2-3-6(7(4)9)13(10,11)12;/h2-3H,8-9H2,1H3,(H,10,11,12);. The predicted molar refractivity (Wildman–Crippen MR) is 55.6 cm³/mol. The fourth-order valence-electron chi connectivity index (χ4n) is 0.945. The van der Waals surface area contributed by atoms with Crippen molar-refractivity contribution in [2.24, 2.45) is 0 Å². The molecule has 73 valence electrons. The van der Waals surface area contributed by atoms with Crippen molar-refractivity contribution in [2.75, 3.05) is 11.5 Å². The summed E-state index contributed by atoms with van der Waals surface area (Å²) in [4.78, 5) is -0.306. The van der Waals surface area contributed by atoms with Crippen LogP contribution in [0.1, 0.15) is 5.56 Å². The van der Waals surface area contributed by atoms with E-state index in [1.165, 1.54) is 12.1 Å². The Bertz CT molecular complexity index is 444. The minimum absolute atomic E-state index is 0. The van der Waals surface area contributed by atoms with Crippen LogP contribution in [0.3, 0.4) is 0 Å². The van der Waals surface area contributed by atoms with Gasteiger partial charge >= 0.3 is 0 Å². The van der Waals surface area contributed by atoms with E-state index in [-0.39, 0.29) is 40.1 Å². The fourth-order valence-corrected chi connectivity index (χ4v) is 1.62. The van der Waals surface area contributed by atoms with Crippen LogP contribution in [0, 0.1) is 6.92 Å². The zero-order chi connectivity index (χ0) is 10.2. The van der Waals surface area contributed by atoms with Gasteiger partial charge in [-0.25, -0.2) is 0 Å². The number of nitrogens with two attached hydrogens (primary N) is 2. The first-order chi connectivity index (χ1) is 5.84. The third kappa shape index (κ3) is 2.61. The number of anilines is 2. The summed E-state index contributed by atoms with van der Waals surface area (Å²) in [5.74, 6) is 0. The molecule has 5 N–H and O–H groups in total. The fraction of sp³-hybridized carbons (Fsp3) is 0.143. The predicted octanol–water partition coefficient (Wildman–Crippen LogP) is 0.0253. The Morgan fingerprint density at radius 2 is 1.79 bits per heavy atom. The van der Waals surface area contributed by atoms with E-state index in [1.807, 2.05) is 0 Å². The Morgan fingerprint density at radius 3 is 2.21 bits per heavy atom. The molecule has 0 aliphatic rings. The van der Waals surface area contributed by atoms with Gasteiger partial charge in [-0.05, 0) is 24.6 Å². The number of hydrogen-bond donors (Lipinski definition) is 3. The molecule has 14 heavy (non-hydrogen) atoms. The van der Waals surface area contributed by atoms with Crippen LogP contribution in [0.25, 0.3) is 0 Å². The van der Waals surface area contributed by atoms with Crippen LogP contribution in [0.4, 0.5) is 11.4 Å². The summed E-state index contributed by atoms with van der Waals surface area (Å²) in [5, 5.41) is 0. The van der Waals surface area contributed by atoms with Gasteiger partial charge in [0.05, 0.1) is 5.69 Å². The molecule has 0 aromatic heterocycles. The van der Waals surface area contributed by atoms with Gasteiger partial charge in [0.25, 0.3) is 10.1 Å². The second kappa shape index (κ2) is 4.50. The van der Waals surface area contributed by atoms with Crippen LogP contribution in [-0.4, -0.2) is 42.5 Å². The van der Waals surface area contributed by atoms with E-state index in [4.69, 9.17) is 16.0 Å². The van der Waals surface area contributed by atoms with Crippen molar-refractivity contribution in [3.8, 4) is 0 Å². The zero-order valence-electron chi connectivity index (χ0n) is 7.98. The summed E-state index contributed by atoms with van der Waals surface area (Å²) in [6.45, 7) is 1.58. The molecule has 1 aromatic rings. The molecular weight excluding hydrogens is 215 g/mol. The third-order valence-corrected chi connectivity index (χ3v) is 2.71. The molecule has 5 nitrogen and oxygen atoms in total. The Hall–Kier alpha value is -0.270. The van der Waals surface area contributed by atoms with Gasteiger partial charge in [-0.3, -0.25) is 4.55 Å². The van der Waals surface area contributed by atoms with Crippen LogP contribution in [0.15, 0.2) is 17.0 Å². The summed E-state index contributed by atoms with van der Waals surface area (Å²) in [6, 6.07) is 2.56. The molecule has 0 saturated carbocycles. The van der Waals surface area contributed by atoms with Crippen LogP contribution >= 0.6 is 0 Å². The van der Waals surface area contributed by atoms with Crippen molar-refractivity contribution in [1.29, 1.82) is 0 Å². The first kappa shape index (κ1) is 13.7. The molecule has 7 heteroatoms. The van der Waals surface area contributed by atoms with Crippen molar-refractivity contribution < 1.29 is 13.0 Å². The van der Waals surface area contributed by atoms with Crippen LogP contribution < -0.4 is 11.5 Å². The topological polar surface area (TPSA) is 106 Å². The zero-order valence-corrected chi connectivity index (χ0v) is 10.8. The second-order valence-corrected chi connectivity index (χ2v) is 4.06. The van der Waals surface area contributed by atoms with E-state index in [0.29, 0.717) is 11.3 Å². The summed E-state index contributed by atoms with van der Waals surface area (Å²) in [5.41, 5.74) is 11.8. The largest absolute Gasteiger partial charge is 0.398 e. The minimum atomic E-state index is -4.25. The summed E-state index contributed by atoms with van der Waals surface area (Å²) in [6.07, 6.45) is 0. The molecule has 1 aromatic carbocycles. The Kier molecular flexibility index (Phi) is 4.41. The molecule has 0 spiro atoms. The maximum atomic E-state index is 10.8. The van der Waals surface area contributed by atoms with Gasteiger partial charge in [-0.1, -0.05) is 0 Å². The van der Waals surface area contributed by atoms with Gasteiger partial charge < -0.3 is 11.5 Å². The van der Waals surface area contributed by atoms with Crippen LogP contribution in [-0.2, 0) is 10.1 Å². The first-order valence-electron chi connectivity index (χ1n) is 3.46. The molecule has 0 unspecified atom stereocenters. The van der Waals surface area contributed by atoms with Crippen molar-refractivity contribution in [2.45, 2.75) is 11.8 Å². The van der Waals surface area contributed by atoms with E-state index in [9.17, 15) is 8.42 Å². The first-order valence-corrected chi connectivity index (χ1v) is 4.90. The minimum Gasteiger partial charge on any atom is -0.398 e. The van der Waals surface area contributed by atoms with E-state index >= 15 is 0 Å². The van der Waals surface area contributed by atoms with Gasteiger partial charge in [0.2, 0.25) is 0 Å². The van der Waals surface area contributed by atoms with Crippen molar-refractivity contribution in [3.05, 3.63) is 17.7 Å². The van der Waals surface area contributed by atoms with Crippen LogP contribution in [0.2, 0.25) is 0 Å². The SMILES string of the molecule is Cc1c(N)ccc(S(=O)(=O)O)c1N.[Na]. The average Bonchev–Trinajstić information content (AvgIpc) is 1.98. The van der Waals surface area contributed by atoms with E-state index in [1.54, 1.807) is 6.92 Å². The molecule has 0 amide bonds. The number of benzene rings is 1. The molecular formula is C7H10N2NaO3S. The molecule has 0 bridgehead atoms. The molecule has 1 rings (SSSR count). The quantitative estimate of drug-likeness (QED) is 0.355. The number of rotatable bonds is 1. The maximum absolute atomic E-state index is 10.8. The monoisotopic (exact) mass is 225 g/mol. The summed E-state index contributed by atoms with van der Waals surface area (Å²) >= 11 is 0. The van der Waals surface area contributed by atoms with Gasteiger partial charge in [0.15, 0.2) is 0 Å². The van der Waals surface area contributed by atoms with Crippen molar-refractivity contribution in [3.63, 3.8) is 0 Å². The normalized spacial score (nSPS) is 10.7. The molecule has 0 atom stereocenters. The smallest absolute Gasteiger partial charge is 0.296 e. The molecule has 0 fully saturated rings. The second-order valence-electron chi connectivity index (χ2n) is 2.67. The Morgan fingerprint density at radius 1 is 1.29 bits per heavy atom. The summed E-state index contributed by atoms with van der Waals surface area (Å²) in [7, 11) is -4.25. The molecule has 1 radical (unpaired) electrons. The Labute approximate surface area is 105 Å². The molecule has 0 aliphatic carbocycles. The summed E-state index contributed by atoms with van der Waals surface area (Å²) < 4.78 is 30.2. The van der Waals surface area contributed by atoms with E-state index in [0.717, 1.165) is 0 Å². The third-order valence-electron chi connectivity index (χ3n) is 1.79. The van der Waals surface area contributed by atoms with Gasteiger partial charge in [-0.2, -0.15) is 8.42 Å². The van der Waals surface area contributed by atoms with Crippen molar-refractivity contribution in [1.82, 2.24) is 0 Å². The van der Waals surface area contributed by atoms with Crippen molar-refractivity contribution >= 4 is 51.1 Å². The van der Waals surface area contributed by atoms with Gasteiger partial charge in [0.1, 0.15) is 4.90 Å². The van der Waals surface area contributed by atoms with E-state index < -0.39 is 10.1 Å². The number of hydrogen-bond acceptors (Lipinski definition) is 4. The van der Waals surface area contributed by atoms with Gasteiger partial charge in [0, 0.05) is 35.2 Å². The Balaban J connectivity index is 0.00000169.